The van der Waals surface area contributed by atoms with Crippen molar-refractivity contribution < 1.29 is 9.53 Å². The Balaban J connectivity index is 2.02. The number of morpholine rings is 1. The molecule has 1 amide bonds. The molecule has 1 atom stereocenters. The molecule has 5 heteroatoms. The van der Waals surface area contributed by atoms with Crippen LogP contribution in [0.3, 0.4) is 0 Å². The molecule has 1 fully saturated rings. The van der Waals surface area contributed by atoms with E-state index in [1.54, 1.807) is 0 Å². The Kier molecular flexibility index (Phi) is 5.30. The molecule has 21 heavy (non-hydrogen) atoms. The van der Waals surface area contributed by atoms with Gasteiger partial charge in [-0.15, -0.1) is 11.8 Å². The summed E-state index contributed by atoms with van der Waals surface area (Å²) in [6.07, 6.45) is -0.401. The van der Waals surface area contributed by atoms with Gasteiger partial charge in [0.15, 0.2) is 0 Å². The smallest absolute Gasteiger partial charge is 0.254 e. The van der Waals surface area contributed by atoms with E-state index < -0.39 is 6.10 Å². The second kappa shape index (κ2) is 6.81. The Morgan fingerprint density at radius 3 is 2.76 bits per heavy atom. The third-order valence-corrected chi connectivity index (χ3v) is 4.20. The number of aryl methyl sites for hydroxylation is 1. The molecule has 2 rings (SSSR count). The average Bonchev–Trinajstić information content (AvgIpc) is 2.41. The molecular weight excluding hydrogens is 284 g/mol. The molecule has 0 spiro atoms. The predicted octanol–water partition coefficient (Wildman–Crippen LogP) is 2.81. The van der Waals surface area contributed by atoms with Gasteiger partial charge in [-0.25, -0.2) is 0 Å². The van der Waals surface area contributed by atoms with Gasteiger partial charge < -0.3 is 15.4 Å². The van der Waals surface area contributed by atoms with Crippen molar-refractivity contribution in [2.75, 3.05) is 25.0 Å². The van der Waals surface area contributed by atoms with Crippen LogP contribution in [0.25, 0.3) is 0 Å². The van der Waals surface area contributed by atoms with Crippen molar-refractivity contribution in [3.63, 3.8) is 0 Å². The van der Waals surface area contributed by atoms with E-state index in [1.165, 1.54) is 4.90 Å². The minimum absolute atomic E-state index is 0.0819. The number of benzene rings is 1. The highest BCUT2D eigenvalue weighted by Gasteiger charge is 2.22. The summed E-state index contributed by atoms with van der Waals surface area (Å²) in [4.78, 5) is 13.4. The second-order valence-electron chi connectivity index (χ2n) is 6.24. The van der Waals surface area contributed by atoms with Crippen molar-refractivity contribution >= 4 is 23.4 Å². The minimum atomic E-state index is -0.401. The van der Waals surface area contributed by atoms with Crippen LogP contribution >= 0.6 is 11.8 Å². The van der Waals surface area contributed by atoms with Crippen LogP contribution in [0, 0.1) is 6.92 Å². The fourth-order valence-electron chi connectivity index (χ4n) is 2.14. The monoisotopic (exact) mass is 308 g/mol. The molecule has 2 N–H and O–H groups in total. The largest absolute Gasteiger partial charge is 0.366 e. The van der Waals surface area contributed by atoms with Crippen LogP contribution in [-0.4, -0.2) is 36.5 Å². The normalized spacial score (nSPS) is 19.3. The van der Waals surface area contributed by atoms with Crippen LogP contribution in [0.4, 0.5) is 5.69 Å². The number of carbonyl (C=O) groups excluding carboxylic acids is 1. The van der Waals surface area contributed by atoms with Gasteiger partial charge in [0.1, 0.15) is 6.10 Å². The third-order valence-electron chi connectivity index (χ3n) is 3.10. The number of ether oxygens (including phenoxy) is 1. The van der Waals surface area contributed by atoms with Gasteiger partial charge in [0, 0.05) is 28.4 Å². The van der Waals surface area contributed by atoms with Gasteiger partial charge in [0.2, 0.25) is 0 Å². The zero-order valence-electron chi connectivity index (χ0n) is 13.2. The second-order valence-corrected chi connectivity index (χ2v) is 8.14. The van der Waals surface area contributed by atoms with Gasteiger partial charge in [-0.2, -0.15) is 0 Å². The van der Waals surface area contributed by atoms with Crippen molar-refractivity contribution in [2.45, 2.75) is 43.4 Å². The maximum Gasteiger partial charge on any atom is 0.254 e. The molecule has 0 saturated carbocycles. The topological polar surface area (TPSA) is 50.4 Å². The molecule has 116 valence electrons. The Hall–Kier alpha value is -1.04. The molecule has 1 heterocycles. The van der Waals surface area contributed by atoms with Gasteiger partial charge >= 0.3 is 0 Å². The molecule has 0 radical (unpaired) electrons. The lowest BCUT2D eigenvalue weighted by molar-refractivity contribution is -0.128. The summed E-state index contributed by atoms with van der Waals surface area (Å²) >= 11 is 1.82. The van der Waals surface area contributed by atoms with Crippen molar-refractivity contribution in [3.05, 3.63) is 23.8 Å². The molecule has 1 unspecified atom stereocenters. The van der Waals surface area contributed by atoms with Crippen LogP contribution in [0.15, 0.2) is 23.1 Å². The summed E-state index contributed by atoms with van der Waals surface area (Å²) in [7, 11) is 0. The van der Waals surface area contributed by atoms with Gasteiger partial charge in [0.25, 0.3) is 5.91 Å². The number of hydrogen-bond acceptors (Lipinski definition) is 4. The van der Waals surface area contributed by atoms with Gasteiger partial charge in [-0.3, -0.25) is 4.79 Å². The highest BCUT2D eigenvalue weighted by Crippen LogP contribution is 2.33. The number of rotatable bonds is 3. The Bertz CT molecular complexity index is 505. The van der Waals surface area contributed by atoms with E-state index in [9.17, 15) is 4.79 Å². The fourth-order valence-corrected chi connectivity index (χ4v) is 3.22. The number of thioether (sulfide) groups is 1. The van der Waals surface area contributed by atoms with Gasteiger partial charge in [0.05, 0.1) is 6.61 Å². The maximum atomic E-state index is 12.2. The number of anilines is 1. The standard InChI is InChI=1S/C16H24N2O2S/c1-11-9-12(21-16(2,3)4)5-6-13(11)18-15(19)14-10-17-7-8-20-14/h5-6,9,14,17H,7-8,10H2,1-4H3,(H,18,19). The molecule has 0 aromatic heterocycles. The molecular formula is C16H24N2O2S. The van der Waals surface area contributed by atoms with E-state index >= 15 is 0 Å². The molecule has 1 aliphatic rings. The fraction of sp³-hybridized carbons (Fsp3) is 0.562. The lowest BCUT2D eigenvalue weighted by Gasteiger charge is -2.23. The summed E-state index contributed by atoms with van der Waals surface area (Å²) in [5.41, 5.74) is 1.92. The van der Waals surface area contributed by atoms with E-state index in [4.69, 9.17) is 4.74 Å². The van der Waals surface area contributed by atoms with Crippen LogP contribution in [0.5, 0.6) is 0 Å². The Morgan fingerprint density at radius 2 is 2.19 bits per heavy atom. The highest BCUT2D eigenvalue weighted by molar-refractivity contribution is 8.00. The van der Waals surface area contributed by atoms with Crippen molar-refractivity contribution in [1.29, 1.82) is 0 Å². The molecule has 4 nitrogen and oxygen atoms in total. The zero-order valence-corrected chi connectivity index (χ0v) is 14.0. The van der Waals surface area contributed by atoms with E-state index in [2.05, 4.69) is 43.5 Å². The predicted molar refractivity (Wildman–Crippen MR) is 88.0 cm³/mol. The first kappa shape index (κ1) is 16.3. The number of nitrogens with one attached hydrogen (secondary N) is 2. The SMILES string of the molecule is Cc1cc(SC(C)(C)C)ccc1NC(=O)C1CNCCO1. The van der Waals surface area contributed by atoms with Crippen LogP contribution in [0.1, 0.15) is 26.3 Å². The average molecular weight is 308 g/mol. The number of carbonyl (C=O) groups is 1. The lowest BCUT2D eigenvalue weighted by atomic mass is 10.2. The van der Waals surface area contributed by atoms with Gasteiger partial charge in [-0.05, 0) is 30.7 Å². The third kappa shape index (κ3) is 5.02. The first-order valence-electron chi connectivity index (χ1n) is 7.28. The van der Waals surface area contributed by atoms with Crippen LogP contribution in [0.2, 0.25) is 0 Å². The summed E-state index contributed by atoms with van der Waals surface area (Å²) in [5.74, 6) is -0.0819. The Morgan fingerprint density at radius 1 is 1.43 bits per heavy atom. The van der Waals surface area contributed by atoms with Gasteiger partial charge in [-0.1, -0.05) is 20.8 Å². The quantitative estimate of drug-likeness (QED) is 0.843. The molecule has 1 aromatic carbocycles. The van der Waals surface area contributed by atoms with E-state index in [0.29, 0.717) is 13.2 Å². The minimum Gasteiger partial charge on any atom is -0.366 e. The molecule has 1 aromatic rings. The van der Waals surface area contributed by atoms with E-state index in [1.807, 2.05) is 24.8 Å². The van der Waals surface area contributed by atoms with Crippen LogP contribution < -0.4 is 10.6 Å². The first-order valence-corrected chi connectivity index (χ1v) is 8.10. The van der Waals surface area contributed by atoms with Crippen molar-refractivity contribution in [1.82, 2.24) is 5.32 Å². The summed E-state index contributed by atoms with van der Waals surface area (Å²) in [5, 5.41) is 6.12. The van der Waals surface area contributed by atoms with Crippen molar-refractivity contribution in [3.8, 4) is 0 Å². The lowest BCUT2D eigenvalue weighted by Crippen LogP contribution is -2.45. The van der Waals surface area contributed by atoms with E-state index in [-0.39, 0.29) is 10.7 Å². The Labute approximate surface area is 131 Å². The van der Waals surface area contributed by atoms with Crippen molar-refractivity contribution in [2.24, 2.45) is 0 Å². The molecule has 1 saturated heterocycles. The van der Waals surface area contributed by atoms with Crippen LogP contribution in [-0.2, 0) is 9.53 Å². The summed E-state index contributed by atoms with van der Waals surface area (Å²) < 4.78 is 5.64. The zero-order chi connectivity index (χ0) is 15.5. The highest BCUT2D eigenvalue weighted by atomic mass is 32.2. The molecule has 0 bridgehead atoms. The molecule has 0 aliphatic carbocycles. The maximum absolute atomic E-state index is 12.2. The molecule has 1 aliphatic heterocycles. The summed E-state index contributed by atoms with van der Waals surface area (Å²) in [6, 6.07) is 6.14. The number of hydrogen-bond donors (Lipinski definition) is 2. The summed E-state index contributed by atoms with van der Waals surface area (Å²) in [6.45, 7) is 10.5. The first-order chi connectivity index (χ1) is 9.85. The number of amides is 1. The van der Waals surface area contributed by atoms with E-state index in [0.717, 1.165) is 17.8 Å².